The van der Waals surface area contributed by atoms with Crippen molar-refractivity contribution in [1.29, 1.82) is 0 Å². The topological polar surface area (TPSA) is 37.7 Å². The van der Waals surface area contributed by atoms with Crippen LogP contribution in [0.1, 0.15) is 51.2 Å². The van der Waals surface area contributed by atoms with Crippen LogP contribution in [0.5, 0.6) is 5.75 Å². The molecule has 0 unspecified atom stereocenters. The van der Waals surface area contributed by atoms with Gasteiger partial charge in [0.25, 0.3) is 0 Å². The molecule has 5 heteroatoms. The molecule has 0 radical (unpaired) electrons. The Morgan fingerprint density at radius 2 is 1.68 bits per heavy atom. The fourth-order valence-electron chi connectivity index (χ4n) is 5.11. The second-order valence-electron chi connectivity index (χ2n) is 10.5. The van der Waals surface area contributed by atoms with Crippen molar-refractivity contribution in [1.82, 2.24) is 14.4 Å². The van der Waals surface area contributed by atoms with Crippen molar-refractivity contribution in [3.63, 3.8) is 0 Å². The highest BCUT2D eigenvalue weighted by atomic mass is 16.5. The molecule has 0 aliphatic carbocycles. The van der Waals surface area contributed by atoms with Crippen LogP contribution < -0.4 is 4.74 Å². The predicted octanol–water partition coefficient (Wildman–Crippen LogP) is 5.38. The molecule has 2 heterocycles. The average Bonchev–Trinajstić information content (AvgIpc) is 3.20. The van der Waals surface area contributed by atoms with E-state index in [9.17, 15) is 4.79 Å². The predicted molar refractivity (Wildman–Crippen MR) is 140 cm³/mol. The van der Waals surface area contributed by atoms with Gasteiger partial charge >= 0.3 is 0 Å². The van der Waals surface area contributed by atoms with Gasteiger partial charge in [-0.1, -0.05) is 58.0 Å². The second kappa shape index (κ2) is 10.2. The number of hydrogen-bond acceptors (Lipinski definition) is 3. The van der Waals surface area contributed by atoms with Crippen LogP contribution >= 0.6 is 0 Å². The van der Waals surface area contributed by atoms with Crippen LogP contribution in [0.4, 0.5) is 0 Å². The van der Waals surface area contributed by atoms with E-state index in [2.05, 4.69) is 84.7 Å². The van der Waals surface area contributed by atoms with Crippen molar-refractivity contribution in [2.45, 2.75) is 46.6 Å². The Kier molecular flexibility index (Phi) is 7.32. The van der Waals surface area contributed by atoms with Gasteiger partial charge in [0.15, 0.2) is 0 Å². The summed E-state index contributed by atoms with van der Waals surface area (Å²) in [7, 11) is 1.69. The van der Waals surface area contributed by atoms with Crippen LogP contribution in [-0.4, -0.2) is 60.1 Å². The molecule has 1 aromatic heterocycles. The summed E-state index contributed by atoms with van der Waals surface area (Å²) in [6, 6.07) is 16.9. The quantitative estimate of drug-likeness (QED) is 0.474. The molecule has 5 nitrogen and oxygen atoms in total. The number of ether oxygens (including phenoxy) is 1. The van der Waals surface area contributed by atoms with Crippen LogP contribution in [0, 0.1) is 5.41 Å². The first-order valence-corrected chi connectivity index (χ1v) is 12.5. The molecule has 0 saturated carbocycles. The normalized spacial score (nSPS) is 16.1. The van der Waals surface area contributed by atoms with E-state index in [1.165, 1.54) is 22.0 Å². The second-order valence-corrected chi connectivity index (χ2v) is 10.5. The van der Waals surface area contributed by atoms with Crippen LogP contribution in [0.3, 0.4) is 0 Å². The van der Waals surface area contributed by atoms with Gasteiger partial charge in [0.2, 0.25) is 5.91 Å². The van der Waals surface area contributed by atoms with Crippen molar-refractivity contribution in [2.75, 3.05) is 39.8 Å². The SMILES string of the molecule is CCN1CCN(C(=O)C[C@H](c2cn(Cc3ccc(OC)cc3)c3ccccc23)C(C)(C)C)CC1. The van der Waals surface area contributed by atoms with Crippen LogP contribution in [0.25, 0.3) is 10.9 Å². The van der Waals surface area contributed by atoms with E-state index in [0.29, 0.717) is 6.42 Å². The largest absolute Gasteiger partial charge is 0.497 e. The number of hydrogen-bond donors (Lipinski definition) is 0. The molecule has 1 atom stereocenters. The van der Waals surface area contributed by atoms with Crippen LogP contribution in [-0.2, 0) is 11.3 Å². The molecule has 34 heavy (non-hydrogen) atoms. The summed E-state index contributed by atoms with van der Waals surface area (Å²) >= 11 is 0. The lowest BCUT2D eigenvalue weighted by molar-refractivity contribution is -0.134. The zero-order valence-corrected chi connectivity index (χ0v) is 21.4. The minimum Gasteiger partial charge on any atom is -0.497 e. The molecule has 3 aromatic rings. The van der Waals surface area contributed by atoms with Crippen LogP contribution in [0.15, 0.2) is 54.7 Å². The Bertz CT molecular complexity index is 1100. The highest BCUT2D eigenvalue weighted by Crippen LogP contribution is 2.42. The lowest BCUT2D eigenvalue weighted by atomic mass is 9.74. The van der Waals surface area contributed by atoms with Crippen molar-refractivity contribution < 1.29 is 9.53 Å². The molecule has 2 aromatic carbocycles. The summed E-state index contributed by atoms with van der Waals surface area (Å²) in [5.41, 5.74) is 3.68. The number of methoxy groups -OCH3 is 1. The lowest BCUT2D eigenvalue weighted by Gasteiger charge is -2.37. The molecule has 1 aliphatic heterocycles. The summed E-state index contributed by atoms with van der Waals surface area (Å²) in [6.45, 7) is 14.4. The van der Waals surface area contributed by atoms with Gasteiger partial charge in [-0.2, -0.15) is 0 Å². The van der Waals surface area contributed by atoms with Gasteiger partial charge in [-0.25, -0.2) is 0 Å². The van der Waals surface area contributed by atoms with Crippen molar-refractivity contribution in [3.05, 3.63) is 65.9 Å². The Morgan fingerprint density at radius 1 is 1.00 bits per heavy atom. The highest BCUT2D eigenvalue weighted by molar-refractivity contribution is 5.86. The standard InChI is InChI=1S/C29H39N3O2/c1-6-30-15-17-31(18-16-30)28(33)19-26(29(2,3)4)25-21-32(27-10-8-7-9-24(25)27)20-22-11-13-23(34-5)14-12-22/h7-14,21,26H,6,15-20H2,1-5H3/t26-/m1/s1. The summed E-state index contributed by atoms with van der Waals surface area (Å²) in [5.74, 6) is 1.29. The van der Waals surface area contributed by atoms with E-state index in [1.54, 1.807) is 7.11 Å². The number of carbonyl (C=O) groups is 1. The summed E-state index contributed by atoms with van der Waals surface area (Å²) < 4.78 is 7.65. The Morgan fingerprint density at radius 3 is 2.29 bits per heavy atom. The third kappa shape index (κ3) is 5.30. The van der Waals surface area contributed by atoms with Crippen LogP contribution in [0.2, 0.25) is 0 Å². The van der Waals surface area contributed by atoms with Gasteiger partial charge in [0.05, 0.1) is 7.11 Å². The number of para-hydroxylation sites is 1. The number of nitrogens with zero attached hydrogens (tertiary/aromatic N) is 3. The minimum atomic E-state index is -0.0318. The number of amides is 1. The molecule has 1 aliphatic rings. The maximum Gasteiger partial charge on any atom is 0.223 e. The molecule has 1 amide bonds. The number of likely N-dealkylation sites (N-methyl/N-ethyl adjacent to an activating group) is 1. The van der Waals surface area contributed by atoms with Gasteiger partial charge < -0.3 is 19.1 Å². The maximum atomic E-state index is 13.4. The molecule has 1 fully saturated rings. The third-order valence-electron chi connectivity index (χ3n) is 7.30. The molecule has 1 saturated heterocycles. The number of fused-ring (bicyclic) bond motifs is 1. The molecular weight excluding hydrogens is 422 g/mol. The average molecular weight is 462 g/mol. The van der Waals surface area contributed by atoms with Gasteiger partial charge in [-0.05, 0) is 47.2 Å². The van der Waals surface area contributed by atoms with Crippen molar-refractivity contribution in [3.8, 4) is 5.75 Å². The van der Waals surface area contributed by atoms with Crippen molar-refractivity contribution >= 4 is 16.8 Å². The van der Waals surface area contributed by atoms with E-state index in [-0.39, 0.29) is 17.2 Å². The summed E-state index contributed by atoms with van der Waals surface area (Å²) in [6.07, 6.45) is 2.83. The molecule has 0 bridgehead atoms. The Balaban J connectivity index is 1.63. The van der Waals surface area contributed by atoms with E-state index in [4.69, 9.17) is 4.74 Å². The summed E-state index contributed by atoms with van der Waals surface area (Å²) in [4.78, 5) is 17.9. The van der Waals surface area contributed by atoms with Gasteiger partial charge in [0, 0.05) is 56.2 Å². The first kappa shape index (κ1) is 24.3. The minimum absolute atomic E-state index is 0.0318. The fourth-order valence-corrected chi connectivity index (χ4v) is 5.11. The Labute approximate surface area is 204 Å². The Hall–Kier alpha value is -2.79. The molecule has 182 valence electrons. The van der Waals surface area contributed by atoms with Gasteiger partial charge in [-0.3, -0.25) is 4.79 Å². The van der Waals surface area contributed by atoms with E-state index in [1.807, 2.05) is 12.1 Å². The zero-order valence-electron chi connectivity index (χ0n) is 21.4. The molecule has 0 N–H and O–H groups in total. The number of piperazine rings is 1. The van der Waals surface area contributed by atoms with E-state index < -0.39 is 0 Å². The zero-order chi connectivity index (χ0) is 24.3. The monoisotopic (exact) mass is 461 g/mol. The van der Waals surface area contributed by atoms with Gasteiger partial charge in [0.1, 0.15) is 5.75 Å². The highest BCUT2D eigenvalue weighted by Gasteiger charge is 2.33. The fraction of sp³-hybridized carbons (Fsp3) is 0.483. The lowest BCUT2D eigenvalue weighted by Crippen LogP contribution is -2.49. The molecule has 4 rings (SSSR count). The molecule has 0 spiro atoms. The molecular formula is C29H39N3O2. The summed E-state index contributed by atoms with van der Waals surface area (Å²) in [5, 5.41) is 1.25. The smallest absolute Gasteiger partial charge is 0.223 e. The number of aromatic nitrogens is 1. The first-order valence-electron chi connectivity index (χ1n) is 12.5. The maximum absolute atomic E-state index is 13.4. The van der Waals surface area contributed by atoms with E-state index in [0.717, 1.165) is 45.0 Å². The first-order chi connectivity index (χ1) is 16.3. The number of carbonyl (C=O) groups excluding carboxylic acids is 1. The third-order valence-corrected chi connectivity index (χ3v) is 7.30. The number of rotatable bonds is 7. The van der Waals surface area contributed by atoms with Crippen molar-refractivity contribution in [2.24, 2.45) is 5.41 Å². The van der Waals surface area contributed by atoms with Gasteiger partial charge in [-0.15, -0.1) is 0 Å². The van der Waals surface area contributed by atoms with E-state index >= 15 is 0 Å². The number of benzene rings is 2.